The van der Waals surface area contributed by atoms with Crippen LogP contribution in [-0.4, -0.2) is 80.3 Å². The fraction of sp³-hybridized carbons (Fsp3) is 0.273. The van der Waals surface area contributed by atoms with E-state index in [0.717, 1.165) is 11.1 Å². The molecule has 0 saturated heterocycles. The summed E-state index contributed by atoms with van der Waals surface area (Å²) in [6, 6.07) is 18.4. The molecule has 4 aromatic rings. The molecule has 4 aromatic carbocycles. The van der Waals surface area contributed by atoms with E-state index in [4.69, 9.17) is 37.9 Å². The van der Waals surface area contributed by atoms with Crippen LogP contribution in [-0.2, 0) is 12.8 Å². The van der Waals surface area contributed by atoms with Gasteiger partial charge in [0.2, 0.25) is 11.5 Å². The maximum Gasteiger partial charge on any atom is 0.203 e. The maximum atomic E-state index is 10.6. The summed E-state index contributed by atoms with van der Waals surface area (Å²) in [5.41, 5.74) is 5.71. The number of rotatable bonds is 13. The van der Waals surface area contributed by atoms with Crippen LogP contribution in [0.2, 0.25) is 0 Å². The number of hydrogen-bond acceptors (Lipinski definition) is 10. The molecule has 0 amide bonds. The highest BCUT2D eigenvalue weighted by molar-refractivity contribution is 5.61. The second-order valence-corrected chi connectivity index (χ2v) is 11.5. The molecule has 0 saturated carbocycles. The van der Waals surface area contributed by atoms with Crippen molar-refractivity contribution in [1.29, 1.82) is 0 Å². The van der Waals surface area contributed by atoms with E-state index in [-0.39, 0.29) is 13.2 Å². The van der Waals surface area contributed by atoms with Gasteiger partial charge in [0.15, 0.2) is 23.0 Å². The van der Waals surface area contributed by atoms with Gasteiger partial charge in [0.1, 0.15) is 18.1 Å². The minimum absolute atomic E-state index is 0.252. The molecular weight excluding hydrogens is 688 g/mol. The van der Waals surface area contributed by atoms with Crippen LogP contribution in [0, 0.1) is 35.5 Å². The van der Waals surface area contributed by atoms with Crippen molar-refractivity contribution >= 4 is 0 Å². The van der Waals surface area contributed by atoms with Gasteiger partial charge in [-0.05, 0) is 71.7 Å². The number of aliphatic hydroxyl groups is 2. The number of hydrogen-bond donors (Lipinski definition) is 2. The first-order valence-electron chi connectivity index (χ1n) is 16.7. The van der Waals surface area contributed by atoms with E-state index in [1.807, 2.05) is 36.4 Å². The Morgan fingerprint density at radius 1 is 0.481 bits per heavy atom. The largest absolute Gasteiger partial charge is 0.495 e. The Morgan fingerprint density at radius 3 is 1.24 bits per heavy atom. The van der Waals surface area contributed by atoms with Crippen molar-refractivity contribution in [2.24, 2.45) is 0 Å². The van der Waals surface area contributed by atoms with E-state index >= 15 is 0 Å². The molecule has 0 unspecified atom stereocenters. The Kier molecular flexibility index (Phi) is 15.0. The number of methoxy groups -OCH3 is 8. The summed E-state index contributed by atoms with van der Waals surface area (Å²) in [7, 11) is 12.5. The smallest absolute Gasteiger partial charge is 0.203 e. The molecule has 0 aliphatic rings. The van der Waals surface area contributed by atoms with E-state index in [1.165, 1.54) is 0 Å². The molecule has 0 radical (unpaired) electrons. The lowest BCUT2D eigenvalue weighted by molar-refractivity contribution is 0.324. The first-order valence-corrected chi connectivity index (χ1v) is 16.7. The quantitative estimate of drug-likeness (QED) is 0.168. The van der Waals surface area contributed by atoms with Crippen LogP contribution in [0.25, 0.3) is 0 Å². The molecule has 0 aliphatic heterocycles. The lowest BCUT2D eigenvalue weighted by atomic mass is 9.94. The number of allylic oxidation sites excluding steroid dienone is 1. The van der Waals surface area contributed by atoms with Crippen LogP contribution >= 0.6 is 0 Å². The molecule has 54 heavy (non-hydrogen) atoms. The molecule has 0 aliphatic carbocycles. The molecule has 280 valence electrons. The van der Waals surface area contributed by atoms with Gasteiger partial charge in [-0.25, -0.2) is 0 Å². The summed E-state index contributed by atoms with van der Waals surface area (Å²) in [6.45, 7) is -0.586. The van der Waals surface area contributed by atoms with Crippen molar-refractivity contribution in [2.45, 2.75) is 12.8 Å². The summed E-state index contributed by atoms with van der Waals surface area (Å²) in [5.74, 6) is 22.7. The Balaban J connectivity index is 1.70. The molecule has 4 rings (SSSR count). The van der Waals surface area contributed by atoms with Crippen molar-refractivity contribution < 1.29 is 48.1 Å². The Bertz CT molecular complexity index is 2120. The fourth-order valence-electron chi connectivity index (χ4n) is 5.62. The van der Waals surface area contributed by atoms with Crippen molar-refractivity contribution in [3.8, 4) is 81.5 Å². The van der Waals surface area contributed by atoms with E-state index in [0.29, 0.717) is 92.2 Å². The van der Waals surface area contributed by atoms with Gasteiger partial charge < -0.3 is 48.1 Å². The molecular formula is C44H44O10. The Labute approximate surface area is 317 Å². The summed E-state index contributed by atoms with van der Waals surface area (Å²) < 4.78 is 44.0. The molecule has 0 aromatic heterocycles. The molecule has 10 heteroatoms. The zero-order chi connectivity index (χ0) is 39.0. The third-order valence-corrected chi connectivity index (χ3v) is 8.27. The zero-order valence-corrected chi connectivity index (χ0v) is 31.8. The monoisotopic (exact) mass is 732 g/mol. The van der Waals surface area contributed by atoms with E-state index in [2.05, 4.69) is 35.5 Å². The van der Waals surface area contributed by atoms with Crippen LogP contribution in [0.15, 0.2) is 71.8 Å². The topological polar surface area (TPSA) is 114 Å². The molecule has 10 nitrogen and oxygen atoms in total. The second kappa shape index (κ2) is 20.0. The predicted octanol–water partition coefficient (Wildman–Crippen LogP) is 5.62. The fourth-order valence-corrected chi connectivity index (χ4v) is 5.62. The van der Waals surface area contributed by atoms with Crippen molar-refractivity contribution in [1.82, 2.24) is 0 Å². The molecule has 0 fully saturated rings. The normalized spacial score (nSPS) is 10.6. The standard InChI is InChI=1S/C44H44O10/c1-47-37-17-13-29(21-34(37)15-11-31-24-39(49-3)43(53-7)40(25-31)50-4)20-33(10-9-19-45)36(28-46)23-30-14-18-38(48-2)35(22-30)16-12-32-26-41(51-5)44(54-8)42(27-32)52-6/h13-14,17-18,21-22,24-27,45-46H,19-20,23,28H2,1-8H3/b36-33-. The lowest BCUT2D eigenvalue weighted by Crippen LogP contribution is -2.04. The van der Waals surface area contributed by atoms with Crippen LogP contribution in [0.5, 0.6) is 46.0 Å². The third-order valence-electron chi connectivity index (χ3n) is 8.27. The van der Waals surface area contributed by atoms with Crippen molar-refractivity contribution in [3.63, 3.8) is 0 Å². The van der Waals surface area contributed by atoms with Gasteiger partial charge in [-0.3, -0.25) is 0 Å². The first kappa shape index (κ1) is 40.4. The molecule has 0 heterocycles. The van der Waals surface area contributed by atoms with Gasteiger partial charge in [-0.15, -0.1) is 0 Å². The number of aliphatic hydroxyl groups excluding tert-OH is 2. The minimum atomic E-state index is -0.334. The molecule has 2 N–H and O–H groups in total. The summed E-state index contributed by atoms with van der Waals surface area (Å²) in [6.07, 6.45) is 0.744. The first-order chi connectivity index (χ1) is 26.3. The lowest BCUT2D eigenvalue weighted by Gasteiger charge is -2.13. The SMILES string of the molecule is COc1ccc(C/C(C#CCO)=C(\CO)Cc2ccc(OC)c(C#Cc3cc(OC)c(OC)c(OC)c3)c2)cc1C#Cc1cc(OC)c(OC)c(OC)c1. The summed E-state index contributed by atoms with van der Waals surface area (Å²) in [5, 5.41) is 20.2. The minimum Gasteiger partial charge on any atom is -0.495 e. The van der Waals surface area contributed by atoms with Gasteiger partial charge in [-0.2, -0.15) is 0 Å². The summed E-state index contributed by atoms with van der Waals surface area (Å²) in [4.78, 5) is 0. The van der Waals surface area contributed by atoms with Gasteiger partial charge in [0, 0.05) is 23.1 Å². The highest BCUT2D eigenvalue weighted by atomic mass is 16.5. The third kappa shape index (κ3) is 9.93. The second-order valence-electron chi connectivity index (χ2n) is 11.5. The maximum absolute atomic E-state index is 10.6. The molecule has 0 bridgehead atoms. The highest BCUT2D eigenvalue weighted by Gasteiger charge is 2.15. The van der Waals surface area contributed by atoms with Crippen LogP contribution in [0.4, 0.5) is 0 Å². The van der Waals surface area contributed by atoms with Gasteiger partial charge >= 0.3 is 0 Å². The number of ether oxygens (including phenoxy) is 8. The van der Waals surface area contributed by atoms with Crippen molar-refractivity contribution in [3.05, 3.63) is 105 Å². The van der Waals surface area contributed by atoms with Crippen LogP contribution in [0.3, 0.4) is 0 Å². The average molecular weight is 733 g/mol. The average Bonchev–Trinajstić information content (AvgIpc) is 3.21. The zero-order valence-electron chi connectivity index (χ0n) is 31.8. The Morgan fingerprint density at radius 2 is 0.889 bits per heavy atom. The molecule has 0 atom stereocenters. The van der Waals surface area contributed by atoms with Crippen molar-refractivity contribution in [2.75, 3.05) is 70.1 Å². The van der Waals surface area contributed by atoms with Crippen LogP contribution in [0.1, 0.15) is 33.4 Å². The Hall–Kier alpha value is -6.38. The van der Waals surface area contributed by atoms with Gasteiger partial charge in [0.05, 0.1) is 74.6 Å². The molecule has 0 spiro atoms. The number of benzene rings is 4. The van der Waals surface area contributed by atoms with Gasteiger partial charge in [0.25, 0.3) is 0 Å². The van der Waals surface area contributed by atoms with E-state index < -0.39 is 0 Å². The summed E-state index contributed by atoms with van der Waals surface area (Å²) >= 11 is 0. The van der Waals surface area contributed by atoms with E-state index in [9.17, 15) is 10.2 Å². The van der Waals surface area contributed by atoms with E-state index in [1.54, 1.807) is 81.1 Å². The van der Waals surface area contributed by atoms with Crippen LogP contribution < -0.4 is 37.9 Å². The predicted molar refractivity (Wildman–Crippen MR) is 207 cm³/mol. The highest BCUT2D eigenvalue weighted by Crippen LogP contribution is 2.39. The van der Waals surface area contributed by atoms with Gasteiger partial charge in [-0.1, -0.05) is 47.7 Å².